The molecule has 1 aromatic heterocycles. The molecule has 3 atom stereocenters. The van der Waals surface area contributed by atoms with Crippen LogP contribution >= 0.6 is 0 Å². The van der Waals surface area contributed by atoms with Gasteiger partial charge in [0.2, 0.25) is 5.75 Å². The summed E-state index contributed by atoms with van der Waals surface area (Å²) in [6.07, 6.45) is 2.18. The SMILES string of the molecule is CCC(=O)Oc1c(OC)ccnc1C(=O)N[C@@H](C)C(=O)O[C@H]1CCc2cc(F)ccc2[C@@H]1C. The standard InChI is InChI=1S/C24H27FN2O6/c1-5-20(28)33-22-19(31-4)10-11-26-21(22)23(29)27-14(3)24(30)32-18-9-6-15-12-16(25)7-8-17(15)13(18)2/h7-8,10-14,18H,5-6,9H2,1-4H3,(H,27,29)/t13-,14-,18-/m0/s1. The van der Waals surface area contributed by atoms with E-state index in [2.05, 4.69) is 10.3 Å². The molecule has 8 nitrogen and oxygen atoms in total. The van der Waals surface area contributed by atoms with Crippen molar-refractivity contribution in [1.82, 2.24) is 10.3 Å². The normalized spacial score (nSPS) is 18.0. The van der Waals surface area contributed by atoms with Gasteiger partial charge in [-0.15, -0.1) is 0 Å². The molecular formula is C24H27FN2O6. The van der Waals surface area contributed by atoms with Gasteiger partial charge < -0.3 is 19.5 Å². The van der Waals surface area contributed by atoms with Crippen LogP contribution in [0.25, 0.3) is 0 Å². The van der Waals surface area contributed by atoms with Crippen LogP contribution in [0.2, 0.25) is 0 Å². The maximum absolute atomic E-state index is 13.5. The first-order chi connectivity index (χ1) is 15.7. The number of aryl methyl sites for hydroxylation is 1. The van der Waals surface area contributed by atoms with Crippen molar-refractivity contribution >= 4 is 17.8 Å². The number of methoxy groups -OCH3 is 1. The Kier molecular flexibility index (Phi) is 7.63. The predicted molar refractivity (Wildman–Crippen MR) is 117 cm³/mol. The number of carbonyl (C=O) groups excluding carboxylic acids is 3. The molecule has 0 fully saturated rings. The van der Waals surface area contributed by atoms with Crippen LogP contribution in [0.3, 0.4) is 0 Å². The topological polar surface area (TPSA) is 104 Å². The van der Waals surface area contributed by atoms with Gasteiger partial charge in [-0.1, -0.05) is 19.9 Å². The van der Waals surface area contributed by atoms with Gasteiger partial charge >= 0.3 is 11.9 Å². The lowest BCUT2D eigenvalue weighted by Crippen LogP contribution is -2.42. The van der Waals surface area contributed by atoms with Crippen molar-refractivity contribution in [2.45, 2.75) is 58.1 Å². The van der Waals surface area contributed by atoms with Crippen molar-refractivity contribution in [2.24, 2.45) is 0 Å². The molecule has 1 amide bonds. The van der Waals surface area contributed by atoms with Crippen LogP contribution in [0.4, 0.5) is 4.39 Å². The van der Waals surface area contributed by atoms with Gasteiger partial charge in [-0.05, 0) is 43.0 Å². The van der Waals surface area contributed by atoms with Crippen molar-refractivity contribution in [3.05, 3.63) is 53.1 Å². The second kappa shape index (κ2) is 10.4. The molecule has 0 radical (unpaired) electrons. The number of aromatic nitrogens is 1. The first-order valence-corrected chi connectivity index (χ1v) is 10.8. The molecule has 0 unspecified atom stereocenters. The van der Waals surface area contributed by atoms with E-state index < -0.39 is 30.0 Å². The molecule has 176 valence electrons. The molecule has 3 rings (SSSR count). The predicted octanol–water partition coefficient (Wildman–Crippen LogP) is 3.32. The van der Waals surface area contributed by atoms with Crippen molar-refractivity contribution in [3.8, 4) is 11.5 Å². The zero-order chi connectivity index (χ0) is 24.1. The fraction of sp³-hybridized carbons (Fsp3) is 0.417. The Balaban J connectivity index is 1.68. The molecule has 0 saturated heterocycles. The third kappa shape index (κ3) is 5.47. The number of fused-ring (bicyclic) bond motifs is 1. The summed E-state index contributed by atoms with van der Waals surface area (Å²) in [4.78, 5) is 41.3. The maximum Gasteiger partial charge on any atom is 0.328 e. The van der Waals surface area contributed by atoms with E-state index in [4.69, 9.17) is 14.2 Å². The number of carbonyl (C=O) groups is 3. The van der Waals surface area contributed by atoms with E-state index in [1.165, 1.54) is 38.4 Å². The Morgan fingerprint density at radius 3 is 2.73 bits per heavy atom. The third-order valence-electron chi connectivity index (χ3n) is 5.63. The van der Waals surface area contributed by atoms with Gasteiger partial charge in [-0.2, -0.15) is 0 Å². The maximum atomic E-state index is 13.5. The van der Waals surface area contributed by atoms with Crippen LogP contribution in [-0.2, 0) is 20.7 Å². The van der Waals surface area contributed by atoms with Gasteiger partial charge in [-0.25, -0.2) is 14.2 Å². The highest BCUT2D eigenvalue weighted by atomic mass is 19.1. The molecule has 1 aliphatic carbocycles. The lowest BCUT2D eigenvalue weighted by atomic mass is 9.82. The van der Waals surface area contributed by atoms with E-state index in [0.717, 1.165) is 11.1 Å². The second-order valence-electron chi connectivity index (χ2n) is 7.86. The highest BCUT2D eigenvalue weighted by Gasteiger charge is 2.32. The Hall–Kier alpha value is -3.49. The van der Waals surface area contributed by atoms with Crippen LogP contribution in [-0.4, -0.2) is 42.1 Å². The minimum atomic E-state index is -0.984. The summed E-state index contributed by atoms with van der Waals surface area (Å²) in [6.45, 7) is 5.03. The lowest BCUT2D eigenvalue weighted by Gasteiger charge is -2.31. The van der Waals surface area contributed by atoms with E-state index in [1.807, 2.05) is 6.92 Å². The average Bonchev–Trinajstić information content (AvgIpc) is 2.80. The Morgan fingerprint density at radius 1 is 1.27 bits per heavy atom. The summed E-state index contributed by atoms with van der Waals surface area (Å²) in [5.41, 5.74) is 1.67. The molecule has 2 aromatic rings. The number of pyridine rings is 1. The third-order valence-corrected chi connectivity index (χ3v) is 5.63. The van der Waals surface area contributed by atoms with E-state index in [1.54, 1.807) is 13.0 Å². The minimum Gasteiger partial charge on any atom is -0.493 e. The number of hydrogen-bond donors (Lipinski definition) is 1. The molecule has 1 N–H and O–H groups in total. The molecule has 1 aliphatic rings. The van der Waals surface area contributed by atoms with Crippen LogP contribution in [0.5, 0.6) is 11.5 Å². The van der Waals surface area contributed by atoms with Gasteiger partial charge in [0.1, 0.15) is 18.0 Å². The Labute approximate surface area is 191 Å². The summed E-state index contributed by atoms with van der Waals surface area (Å²) in [7, 11) is 1.37. The van der Waals surface area contributed by atoms with E-state index in [0.29, 0.717) is 12.8 Å². The first-order valence-electron chi connectivity index (χ1n) is 10.8. The average molecular weight is 458 g/mol. The van der Waals surface area contributed by atoms with Gasteiger partial charge in [0.25, 0.3) is 5.91 Å². The molecule has 0 aliphatic heterocycles. The monoisotopic (exact) mass is 458 g/mol. The van der Waals surface area contributed by atoms with Crippen LogP contribution < -0.4 is 14.8 Å². The highest BCUT2D eigenvalue weighted by Crippen LogP contribution is 2.34. The number of ether oxygens (including phenoxy) is 3. The number of nitrogens with zero attached hydrogens (tertiary/aromatic N) is 1. The van der Waals surface area contributed by atoms with Crippen molar-refractivity contribution in [3.63, 3.8) is 0 Å². The molecule has 0 spiro atoms. The van der Waals surface area contributed by atoms with Crippen molar-refractivity contribution in [1.29, 1.82) is 0 Å². The van der Waals surface area contributed by atoms with E-state index in [-0.39, 0.29) is 35.3 Å². The highest BCUT2D eigenvalue weighted by molar-refractivity contribution is 5.98. The quantitative estimate of drug-likeness (QED) is 0.635. The summed E-state index contributed by atoms with van der Waals surface area (Å²) in [5, 5.41) is 2.54. The molecule has 1 heterocycles. The van der Waals surface area contributed by atoms with Crippen molar-refractivity contribution in [2.75, 3.05) is 7.11 Å². The molecule has 0 saturated carbocycles. The smallest absolute Gasteiger partial charge is 0.328 e. The number of halogens is 1. The largest absolute Gasteiger partial charge is 0.493 e. The number of amides is 1. The number of nitrogens with one attached hydrogen (secondary N) is 1. The second-order valence-corrected chi connectivity index (χ2v) is 7.86. The van der Waals surface area contributed by atoms with Gasteiger partial charge in [0.15, 0.2) is 11.4 Å². The van der Waals surface area contributed by atoms with Gasteiger partial charge in [-0.3, -0.25) is 9.59 Å². The van der Waals surface area contributed by atoms with E-state index in [9.17, 15) is 18.8 Å². The molecule has 33 heavy (non-hydrogen) atoms. The van der Waals surface area contributed by atoms with Crippen LogP contribution in [0.15, 0.2) is 30.5 Å². The minimum absolute atomic E-state index is 0.0944. The van der Waals surface area contributed by atoms with Crippen LogP contribution in [0.1, 0.15) is 61.1 Å². The summed E-state index contributed by atoms with van der Waals surface area (Å²) >= 11 is 0. The summed E-state index contributed by atoms with van der Waals surface area (Å²) in [5.74, 6) is -2.23. The molecule has 1 aromatic carbocycles. The fourth-order valence-corrected chi connectivity index (χ4v) is 3.76. The van der Waals surface area contributed by atoms with Crippen LogP contribution in [0, 0.1) is 5.82 Å². The Morgan fingerprint density at radius 2 is 2.03 bits per heavy atom. The number of rotatable bonds is 7. The molecule has 0 bridgehead atoms. The summed E-state index contributed by atoms with van der Waals surface area (Å²) < 4.78 is 29.6. The zero-order valence-electron chi connectivity index (χ0n) is 19.0. The lowest BCUT2D eigenvalue weighted by molar-refractivity contribution is -0.152. The zero-order valence-corrected chi connectivity index (χ0v) is 19.0. The van der Waals surface area contributed by atoms with Crippen molar-refractivity contribution < 1.29 is 33.0 Å². The molecule has 9 heteroatoms. The van der Waals surface area contributed by atoms with E-state index >= 15 is 0 Å². The molecular weight excluding hydrogens is 431 g/mol. The first kappa shape index (κ1) is 24.2. The number of benzene rings is 1. The fourth-order valence-electron chi connectivity index (χ4n) is 3.76. The van der Waals surface area contributed by atoms with Gasteiger partial charge in [0.05, 0.1) is 7.11 Å². The van der Waals surface area contributed by atoms with Gasteiger partial charge in [0, 0.05) is 24.6 Å². The Bertz CT molecular complexity index is 1060. The number of esters is 2. The number of hydrogen-bond acceptors (Lipinski definition) is 7. The summed E-state index contributed by atoms with van der Waals surface area (Å²) in [6, 6.07) is 5.10.